The Hall–Kier alpha value is -3.42. The molecule has 0 unspecified atom stereocenters. The van der Waals surface area contributed by atoms with Gasteiger partial charge in [-0.3, -0.25) is 19.8 Å². The molecule has 0 aliphatic carbocycles. The van der Waals surface area contributed by atoms with Crippen LogP contribution in [0, 0.1) is 16.0 Å². The van der Waals surface area contributed by atoms with Crippen LogP contribution in [-0.2, 0) is 17.8 Å². The second-order valence-electron chi connectivity index (χ2n) is 9.64. The number of non-ortho nitro benzene ring substituents is 1. The highest BCUT2D eigenvalue weighted by molar-refractivity contribution is 6.30. The van der Waals surface area contributed by atoms with Crippen molar-refractivity contribution in [3.05, 3.63) is 105 Å². The fraction of sp³-hybridized carbons (Fsp3) is 0.321. The molecule has 0 bridgehead atoms. The third-order valence-electron chi connectivity index (χ3n) is 7.30. The maximum Gasteiger partial charge on any atom is 0.269 e. The maximum atomic E-state index is 13.7. The lowest BCUT2D eigenvalue weighted by atomic mass is 9.83. The van der Waals surface area contributed by atoms with Crippen LogP contribution in [0.1, 0.15) is 29.7 Å². The molecule has 3 aromatic carbocycles. The van der Waals surface area contributed by atoms with Crippen molar-refractivity contribution in [3.63, 3.8) is 0 Å². The molecule has 0 aromatic heterocycles. The third-order valence-corrected chi connectivity index (χ3v) is 7.56. The predicted molar refractivity (Wildman–Crippen MR) is 141 cm³/mol. The minimum absolute atomic E-state index is 0.0214. The number of nitrogens with one attached hydrogen (secondary N) is 1. The van der Waals surface area contributed by atoms with Crippen LogP contribution in [0.5, 0.6) is 0 Å². The van der Waals surface area contributed by atoms with Gasteiger partial charge < -0.3 is 10.2 Å². The minimum Gasteiger partial charge on any atom is -0.365 e. The van der Waals surface area contributed by atoms with E-state index < -0.39 is 0 Å². The fourth-order valence-corrected chi connectivity index (χ4v) is 5.55. The van der Waals surface area contributed by atoms with E-state index in [4.69, 9.17) is 11.6 Å². The number of nitrogens with zero attached hydrogens (tertiary/aromatic N) is 3. The molecule has 186 valence electrons. The highest BCUT2D eigenvalue weighted by Crippen LogP contribution is 2.38. The monoisotopic (exact) mass is 504 g/mol. The number of rotatable bonds is 6. The molecule has 0 radical (unpaired) electrons. The Balaban J connectivity index is 1.41. The van der Waals surface area contributed by atoms with Gasteiger partial charge in [-0.2, -0.15) is 0 Å². The van der Waals surface area contributed by atoms with Crippen LogP contribution >= 0.6 is 11.6 Å². The van der Waals surface area contributed by atoms with Crippen molar-refractivity contribution in [1.82, 2.24) is 10.2 Å². The van der Waals surface area contributed by atoms with Gasteiger partial charge in [-0.1, -0.05) is 54.1 Å². The summed E-state index contributed by atoms with van der Waals surface area (Å²) >= 11 is 6.06. The van der Waals surface area contributed by atoms with Crippen molar-refractivity contribution >= 4 is 28.9 Å². The summed E-state index contributed by atoms with van der Waals surface area (Å²) in [5.41, 5.74) is 4.14. The summed E-state index contributed by atoms with van der Waals surface area (Å²) in [5, 5.41) is 15.3. The molecule has 36 heavy (non-hydrogen) atoms. The van der Waals surface area contributed by atoms with Gasteiger partial charge >= 0.3 is 0 Å². The second kappa shape index (κ2) is 10.3. The second-order valence-corrected chi connectivity index (χ2v) is 10.1. The summed E-state index contributed by atoms with van der Waals surface area (Å²) in [6, 6.07) is 22.7. The van der Waals surface area contributed by atoms with Gasteiger partial charge in [-0.15, -0.1) is 0 Å². The number of piperazine rings is 1. The van der Waals surface area contributed by atoms with E-state index >= 15 is 0 Å². The first-order valence-corrected chi connectivity index (χ1v) is 12.6. The smallest absolute Gasteiger partial charge is 0.269 e. The maximum absolute atomic E-state index is 13.7. The molecule has 1 fully saturated rings. The van der Waals surface area contributed by atoms with Gasteiger partial charge in [0.15, 0.2) is 0 Å². The first-order chi connectivity index (χ1) is 17.4. The summed E-state index contributed by atoms with van der Waals surface area (Å²) < 4.78 is 0. The number of amides is 1. The predicted octanol–water partition coefficient (Wildman–Crippen LogP) is 4.99. The fourth-order valence-electron chi connectivity index (χ4n) is 5.42. The number of fused-ring (bicyclic) bond motifs is 3. The summed E-state index contributed by atoms with van der Waals surface area (Å²) in [6.07, 6.45) is 0.473. The van der Waals surface area contributed by atoms with Crippen LogP contribution in [-0.4, -0.2) is 41.4 Å². The highest BCUT2D eigenvalue weighted by atomic mass is 35.5. The van der Waals surface area contributed by atoms with Crippen molar-refractivity contribution in [3.8, 4) is 0 Å². The molecular formula is C28H29ClN4O3. The summed E-state index contributed by atoms with van der Waals surface area (Å²) in [7, 11) is 0. The number of anilines is 1. The molecule has 1 saturated heterocycles. The Bertz CT molecular complexity index is 1250. The van der Waals surface area contributed by atoms with Gasteiger partial charge in [0.25, 0.3) is 5.69 Å². The Labute approximate surface area is 215 Å². The van der Waals surface area contributed by atoms with Crippen LogP contribution in [0.4, 0.5) is 11.4 Å². The van der Waals surface area contributed by atoms with Crippen LogP contribution < -0.4 is 10.2 Å². The van der Waals surface area contributed by atoms with Crippen LogP contribution in [0.15, 0.2) is 72.8 Å². The van der Waals surface area contributed by atoms with Crippen molar-refractivity contribution in [2.24, 2.45) is 5.92 Å². The molecular weight excluding hydrogens is 476 g/mol. The zero-order chi connectivity index (χ0) is 25.2. The standard InChI is InChI=1S/C28H29ClN4O3/c1-19(21-5-3-2-4-6-21)30-28(34)25-16-22-15-24(33(35)36)11-12-26(22)32-14-13-31(18-27(25)32)17-20-7-9-23(29)10-8-20/h2-12,15,19,25,27H,13-14,16-18H2,1H3,(H,30,34)/t19-,25+,27+/m0/s1. The lowest BCUT2D eigenvalue weighted by molar-refractivity contribution is -0.384. The van der Waals surface area contributed by atoms with Gasteiger partial charge in [-0.05, 0) is 48.2 Å². The van der Waals surface area contributed by atoms with E-state index in [1.165, 1.54) is 5.56 Å². The molecule has 2 heterocycles. The summed E-state index contributed by atoms with van der Waals surface area (Å²) in [4.78, 5) is 29.4. The molecule has 3 atom stereocenters. The number of hydrogen-bond acceptors (Lipinski definition) is 5. The molecule has 1 amide bonds. The first-order valence-electron chi connectivity index (χ1n) is 12.2. The SMILES string of the molecule is C[C@H](NC(=O)[C@@H]1Cc2cc([N+](=O)[O-])ccc2N2CCN(Cc3ccc(Cl)cc3)C[C@H]12)c1ccccc1. The summed E-state index contributed by atoms with van der Waals surface area (Å²) in [5.74, 6) is -0.342. The van der Waals surface area contributed by atoms with Gasteiger partial charge in [0.1, 0.15) is 0 Å². The van der Waals surface area contributed by atoms with Crippen LogP contribution in [0.25, 0.3) is 0 Å². The van der Waals surface area contributed by atoms with E-state index in [0.717, 1.165) is 43.0 Å². The van der Waals surface area contributed by atoms with Gasteiger partial charge in [0.2, 0.25) is 5.91 Å². The van der Waals surface area contributed by atoms with E-state index in [9.17, 15) is 14.9 Å². The number of carbonyl (C=O) groups is 1. The van der Waals surface area contributed by atoms with E-state index in [2.05, 4.69) is 15.1 Å². The van der Waals surface area contributed by atoms with Crippen molar-refractivity contribution < 1.29 is 9.72 Å². The average molecular weight is 505 g/mol. The molecule has 2 aliphatic rings. The zero-order valence-corrected chi connectivity index (χ0v) is 20.9. The topological polar surface area (TPSA) is 78.7 Å². The van der Waals surface area contributed by atoms with Gasteiger partial charge in [0.05, 0.1) is 22.9 Å². The largest absolute Gasteiger partial charge is 0.365 e. The van der Waals surface area contributed by atoms with Gasteiger partial charge in [0, 0.05) is 49.0 Å². The average Bonchev–Trinajstić information content (AvgIpc) is 2.89. The number of benzene rings is 3. The lowest BCUT2D eigenvalue weighted by Gasteiger charge is -2.49. The Kier molecular flexibility index (Phi) is 6.94. The Morgan fingerprint density at radius 3 is 2.58 bits per heavy atom. The Morgan fingerprint density at radius 1 is 1.11 bits per heavy atom. The molecule has 2 aliphatic heterocycles. The number of nitro benzene ring substituents is 1. The molecule has 8 heteroatoms. The Morgan fingerprint density at radius 2 is 1.86 bits per heavy atom. The van der Waals surface area contributed by atoms with Crippen LogP contribution in [0.2, 0.25) is 5.02 Å². The highest BCUT2D eigenvalue weighted by Gasteiger charge is 2.42. The number of nitro groups is 1. The number of carbonyl (C=O) groups excluding carboxylic acids is 1. The van der Waals surface area contributed by atoms with Crippen molar-refractivity contribution in [2.45, 2.75) is 32.0 Å². The third kappa shape index (κ3) is 5.08. The molecule has 1 N–H and O–H groups in total. The van der Waals surface area contributed by atoms with Gasteiger partial charge in [-0.25, -0.2) is 0 Å². The zero-order valence-electron chi connectivity index (χ0n) is 20.1. The molecule has 3 aromatic rings. The first kappa shape index (κ1) is 24.3. The summed E-state index contributed by atoms with van der Waals surface area (Å²) in [6.45, 7) is 5.09. The molecule has 0 spiro atoms. The van der Waals surface area contributed by atoms with E-state index in [1.807, 2.05) is 67.6 Å². The van der Waals surface area contributed by atoms with Crippen molar-refractivity contribution in [2.75, 3.05) is 24.5 Å². The van der Waals surface area contributed by atoms with Crippen molar-refractivity contribution in [1.29, 1.82) is 0 Å². The van der Waals surface area contributed by atoms with E-state index in [-0.39, 0.29) is 34.5 Å². The quantitative estimate of drug-likeness (QED) is 0.378. The normalized spacial score (nSPS) is 20.2. The van der Waals surface area contributed by atoms with E-state index in [1.54, 1.807) is 12.1 Å². The molecule has 5 rings (SSSR count). The minimum atomic E-state index is -0.372. The van der Waals surface area contributed by atoms with E-state index in [0.29, 0.717) is 11.4 Å². The van der Waals surface area contributed by atoms with Crippen LogP contribution in [0.3, 0.4) is 0 Å². The molecule has 7 nitrogen and oxygen atoms in total. The number of halogens is 1. The number of hydrogen-bond donors (Lipinski definition) is 1. The molecule has 0 saturated carbocycles. The lowest BCUT2D eigenvalue weighted by Crippen LogP contribution is -2.61.